The van der Waals surface area contributed by atoms with Crippen LogP contribution in [-0.2, 0) is 54.5 Å². The number of amides is 6. The van der Waals surface area contributed by atoms with Crippen LogP contribution in [0.3, 0.4) is 0 Å². The number of aryl methyl sites for hydroxylation is 1. The fraction of sp³-hybridized carbons (Fsp3) is 0.218. The maximum Gasteiger partial charge on any atom is 0.326 e. The fourth-order valence-corrected chi connectivity index (χ4v) is 8.07. The molecular weight excluding hydrogens is 873 g/mol. The molecule has 0 fully saturated rings. The molecule has 0 radical (unpaired) electrons. The standard InChI is InChI=1S/C55H54N6O8/c62-48-31-32-56-50(63)43-28-26-42(27-29-43)49(54(67)60-47(55(68)69)35-38-17-9-3-10-18-38)61-53(66)46(33-37-15-7-2-8-16-37)59-52(65)45(34-39-21-24-41(25-22-39)40-19-11-4-12-20-40)58-51(64)44(57-48)30-23-36-13-5-1-6-14-36/h1-22,24-29,44-47,49H,23,30-35H2,(H,56,63)(H,57,62)(H,58,64)(H,59,65)(H,60,67)(H,61,66)(H,68,69)/t44-,45+,46-,47-,49?/m1/s1. The third-order valence-corrected chi connectivity index (χ3v) is 11.9. The molecule has 1 unspecified atom stereocenters. The zero-order valence-electron chi connectivity index (χ0n) is 37.8. The highest BCUT2D eigenvalue weighted by molar-refractivity contribution is 5.98. The van der Waals surface area contributed by atoms with E-state index < -0.39 is 71.6 Å². The molecule has 6 amide bonds. The van der Waals surface area contributed by atoms with Gasteiger partial charge in [-0.3, -0.25) is 28.8 Å². The van der Waals surface area contributed by atoms with Crippen molar-refractivity contribution >= 4 is 41.4 Å². The average Bonchev–Trinajstić information content (AvgIpc) is 3.37. The molecular formula is C55H54N6O8. The summed E-state index contributed by atoms with van der Waals surface area (Å²) >= 11 is 0. The van der Waals surface area contributed by atoms with E-state index in [1.165, 1.54) is 24.3 Å². The Balaban J connectivity index is 1.24. The number of fused-ring (bicyclic) bond motifs is 17. The Morgan fingerprint density at radius 2 is 1.00 bits per heavy atom. The van der Waals surface area contributed by atoms with Crippen molar-refractivity contribution in [3.63, 3.8) is 0 Å². The quantitative estimate of drug-likeness (QED) is 0.0780. The van der Waals surface area contributed by atoms with E-state index in [-0.39, 0.29) is 49.8 Å². The van der Waals surface area contributed by atoms with Crippen LogP contribution in [0.1, 0.15) is 57.1 Å². The van der Waals surface area contributed by atoms with Crippen molar-refractivity contribution < 1.29 is 38.7 Å². The molecule has 14 heteroatoms. The van der Waals surface area contributed by atoms with Crippen LogP contribution in [0, 0.1) is 0 Å². The van der Waals surface area contributed by atoms with E-state index in [1.54, 1.807) is 60.7 Å². The summed E-state index contributed by atoms with van der Waals surface area (Å²) in [5.41, 5.74) is 5.25. The third-order valence-electron chi connectivity index (χ3n) is 11.9. The maximum absolute atomic E-state index is 14.8. The molecule has 6 aromatic carbocycles. The van der Waals surface area contributed by atoms with Crippen molar-refractivity contribution in [3.8, 4) is 11.1 Å². The number of hydrogen-bond donors (Lipinski definition) is 7. The summed E-state index contributed by atoms with van der Waals surface area (Å²) < 4.78 is 0. The molecule has 352 valence electrons. The largest absolute Gasteiger partial charge is 0.480 e. The van der Waals surface area contributed by atoms with Crippen LogP contribution in [-0.4, -0.2) is 77.2 Å². The van der Waals surface area contributed by atoms with Gasteiger partial charge in [-0.2, -0.15) is 0 Å². The summed E-state index contributed by atoms with van der Waals surface area (Å²) in [6.45, 7) is -0.0780. The smallest absolute Gasteiger partial charge is 0.326 e. The van der Waals surface area contributed by atoms with E-state index in [0.717, 1.165) is 16.7 Å². The van der Waals surface area contributed by atoms with Gasteiger partial charge in [0.05, 0.1) is 0 Å². The van der Waals surface area contributed by atoms with Gasteiger partial charge >= 0.3 is 5.97 Å². The number of carbonyl (C=O) groups excluding carboxylic acids is 6. The molecule has 14 nitrogen and oxygen atoms in total. The van der Waals surface area contributed by atoms with Crippen LogP contribution in [0.15, 0.2) is 170 Å². The molecule has 6 aromatic rings. The van der Waals surface area contributed by atoms with Crippen LogP contribution < -0.4 is 31.9 Å². The van der Waals surface area contributed by atoms with Gasteiger partial charge in [-0.1, -0.05) is 158 Å². The van der Waals surface area contributed by atoms with E-state index in [9.17, 15) is 38.7 Å². The van der Waals surface area contributed by atoms with E-state index in [2.05, 4.69) is 31.9 Å². The molecule has 2 aliphatic rings. The zero-order valence-corrected chi connectivity index (χ0v) is 37.8. The van der Waals surface area contributed by atoms with E-state index in [1.807, 2.05) is 84.9 Å². The minimum absolute atomic E-state index is 0.00687. The molecule has 0 aromatic heterocycles. The van der Waals surface area contributed by atoms with E-state index in [0.29, 0.717) is 23.1 Å². The molecule has 2 aliphatic heterocycles. The van der Waals surface area contributed by atoms with Crippen LogP contribution in [0.25, 0.3) is 11.1 Å². The van der Waals surface area contributed by atoms with Gasteiger partial charge in [0.15, 0.2) is 0 Å². The predicted octanol–water partition coefficient (Wildman–Crippen LogP) is 5.03. The number of benzene rings is 6. The van der Waals surface area contributed by atoms with Crippen LogP contribution in [0.2, 0.25) is 0 Å². The number of hydrogen-bond acceptors (Lipinski definition) is 7. The number of rotatable bonds is 13. The first-order valence-corrected chi connectivity index (χ1v) is 22.9. The third kappa shape index (κ3) is 14.1. The monoisotopic (exact) mass is 926 g/mol. The lowest BCUT2D eigenvalue weighted by Crippen LogP contribution is -2.58. The van der Waals surface area contributed by atoms with Gasteiger partial charge in [-0.05, 0) is 63.9 Å². The Kier molecular flexibility index (Phi) is 16.8. The second-order valence-electron chi connectivity index (χ2n) is 16.9. The summed E-state index contributed by atoms with van der Waals surface area (Å²) in [5.74, 6) is -5.32. The Morgan fingerprint density at radius 3 is 1.58 bits per heavy atom. The highest BCUT2D eigenvalue weighted by atomic mass is 16.4. The van der Waals surface area contributed by atoms with Crippen LogP contribution in [0.5, 0.6) is 0 Å². The lowest BCUT2D eigenvalue weighted by molar-refractivity contribution is -0.142. The predicted molar refractivity (Wildman–Crippen MR) is 260 cm³/mol. The van der Waals surface area contributed by atoms with Gasteiger partial charge < -0.3 is 37.0 Å². The zero-order chi connectivity index (χ0) is 48.5. The Hall–Kier alpha value is -8.39. The fourth-order valence-electron chi connectivity index (χ4n) is 8.07. The molecule has 0 aliphatic carbocycles. The van der Waals surface area contributed by atoms with Gasteiger partial charge in [-0.25, -0.2) is 4.79 Å². The molecule has 2 heterocycles. The number of aliphatic carboxylic acids is 1. The second-order valence-corrected chi connectivity index (χ2v) is 16.9. The van der Waals surface area contributed by atoms with Crippen LogP contribution in [0.4, 0.5) is 0 Å². The van der Waals surface area contributed by atoms with Gasteiger partial charge in [0.1, 0.15) is 30.2 Å². The van der Waals surface area contributed by atoms with Crippen molar-refractivity contribution in [1.82, 2.24) is 31.9 Å². The molecule has 0 spiro atoms. The summed E-state index contributed by atoms with van der Waals surface area (Å²) in [6.07, 6.45) is 0.322. The molecule has 69 heavy (non-hydrogen) atoms. The first-order valence-electron chi connectivity index (χ1n) is 22.9. The Labute approximate surface area is 400 Å². The second kappa shape index (κ2) is 23.9. The summed E-state index contributed by atoms with van der Waals surface area (Å²) in [6, 6.07) is 43.6. The number of carboxylic acids is 1. The lowest BCUT2D eigenvalue weighted by atomic mass is 9.98. The minimum Gasteiger partial charge on any atom is -0.480 e. The van der Waals surface area contributed by atoms with Crippen LogP contribution >= 0.6 is 0 Å². The van der Waals surface area contributed by atoms with E-state index in [4.69, 9.17) is 0 Å². The maximum atomic E-state index is 14.8. The van der Waals surface area contributed by atoms with Gasteiger partial charge in [-0.15, -0.1) is 0 Å². The molecule has 7 N–H and O–H groups in total. The highest BCUT2D eigenvalue weighted by Gasteiger charge is 2.34. The number of nitrogens with one attached hydrogen (secondary N) is 6. The molecule has 0 saturated heterocycles. The molecule has 8 rings (SSSR count). The van der Waals surface area contributed by atoms with Crippen molar-refractivity contribution in [3.05, 3.63) is 203 Å². The number of carboxylic acid groups (broad SMARTS) is 1. The van der Waals surface area contributed by atoms with Gasteiger partial charge in [0.2, 0.25) is 29.5 Å². The van der Waals surface area contributed by atoms with Crippen molar-refractivity contribution in [1.29, 1.82) is 0 Å². The van der Waals surface area contributed by atoms with E-state index >= 15 is 0 Å². The van der Waals surface area contributed by atoms with Crippen molar-refractivity contribution in [2.75, 3.05) is 6.54 Å². The van der Waals surface area contributed by atoms with Gasteiger partial charge in [0.25, 0.3) is 5.91 Å². The SMILES string of the molecule is O=C1CCNC(=O)c2ccc(cc2)C(C(=O)N[C@H](Cc2ccccc2)C(=O)O)NC(=O)[C@@H](Cc2ccccc2)NC(=O)[C@H](Cc2ccc(-c3ccccc3)cc2)NC(=O)[C@@H](CCc2ccccc2)N1. The van der Waals surface area contributed by atoms with Gasteiger partial charge in [0, 0.05) is 37.8 Å². The molecule has 5 atom stereocenters. The first kappa shape index (κ1) is 48.5. The minimum atomic E-state index is -1.50. The van der Waals surface area contributed by atoms with Crippen molar-refractivity contribution in [2.45, 2.75) is 68.7 Å². The summed E-state index contributed by atoms with van der Waals surface area (Å²) in [5, 5.41) is 26.9. The lowest BCUT2D eigenvalue weighted by Gasteiger charge is -2.27. The number of carbonyl (C=O) groups is 7. The highest BCUT2D eigenvalue weighted by Crippen LogP contribution is 2.21. The van der Waals surface area contributed by atoms with Crippen molar-refractivity contribution in [2.24, 2.45) is 0 Å². The average molecular weight is 927 g/mol. The summed E-state index contributed by atoms with van der Waals surface area (Å²) in [7, 11) is 0. The molecule has 0 saturated carbocycles. The Bertz CT molecular complexity index is 2700. The normalized spacial score (nSPS) is 18.6. The summed E-state index contributed by atoms with van der Waals surface area (Å²) in [4.78, 5) is 97.5. The topological polar surface area (TPSA) is 212 Å². The molecule has 2 bridgehead atoms. The Morgan fingerprint density at radius 1 is 0.522 bits per heavy atom. The first-order chi connectivity index (χ1) is 33.5.